The van der Waals surface area contributed by atoms with Crippen molar-refractivity contribution in [3.8, 4) is 5.75 Å². The number of aryl methyl sites for hydroxylation is 2. The van der Waals surface area contributed by atoms with Crippen LogP contribution in [0.25, 0.3) is 5.76 Å². The highest BCUT2D eigenvalue weighted by Crippen LogP contribution is 2.42. The van der Waals surface area contributed by atoms with Gasteiger partial charge in [0, 0.05) is 11.3 Å². The molecule has 0 saturated carbocycles. The van der Waals surface area contributed by atoms with Crippen LogP contribution in [-0.2, 0) is 9.59 Å². The van der Waals surface area contributed by atoms with E-state index >= 15 is 0 Å². The molecule has 1 heterocycles. The summed E-state index contributed by atoms with van der Waals surface area (Å²) in [7, 11) is 0. The summed E-state index contributed by atoms with van der Waals surface area (Å²) >= 11 is 0. The molecule has 3 aromatic rings. The quantitative estimate of drug-likeness (QED) is 0.365. The van der Waals surface area contributed by atoms with Gasteiger partial charge in [0.05, 0.1) is 11.6 Å². The van der Waals surface area contributed by atoms with Gasteiger partial charge in [-0.1, -0.05) is 30.3 Å². The average molecular weight is 417 g/mol. The minimum atomic E-state index is -0.982. The Hall–Kier alpha value is -3.93. The summed E-state index contributed by atoms with van der Waals surface area (Å²) in [6.07, 6.45) is 0. The van der Waals surface area contributed by atoms with Gasteiger partial charge in [0.15, 0.2) is 0 Å². The highest BCUT2D eigenvalue weighted by atomic mass is 19.1. The molecular weight excluding hydrogens is 397 g/mol. The number of aliphatic hydroxyl groups excluding tert-OH is 1. The summed E-state index contributed by atoms with van der Waals surface area (Å²) < 4.78 is 13.9. The third-order valence-electron chi connectivity index (χ3n) is 5.52. The summed E-state index contributed by atoms with van der Waals surface area (Å²) in [6.45, 7) is 3.81. The number of phenolic OH excluding ortho intramolecular Hbond substituents is 1. The summed E-state index contributed by atoms with van der Waals surface area (Å²) in [5.41, 5.74) is 2.94. The lowest BCUT2D eigenvalue weighted by Gasteiger charge is -2.25. The second kappa shape index (κ2) is 7.72. The standard InChI is InChI=1S/C25H20FNO4/c1-14-6-7-17(12-15(14)2)23(29)21-22(16-8-10-20(28)11-9-16)27(25(31)24(21)30)19-5-3-4-18(26)13-19/h3-13,22,28-29H,1-2H3/b23-21+. The highest BCUT2D eigenvalue weighted by molar-refractivity contribution is 6.51. The van der Waals surface area contributed by atoms with Crippen LogP contribution in [0.2, 0.25) is 0 Å². The van der Waals surface area contributed by atoms with Crippen molar-refractivity contribution in [1.29, 1.82) is 0 Å². The molecule has 0 bridgehead atoms. The molecule has 1 aliphatic rings. The number of carbonyl (C=O) groups excluding carboxylic acids is 2. The molecule has 2 N–H and O–H groups in total. The van der Waals surface area contributed by atoms with Gasteiger partial charge in [-0.3, -0.25) is 14.5 Å². The van der Waals surface area contributed by atoms with Crippen molar-refractivity contribution >= 4 is 23.1 Å². The number of halogens is 1. The first-order chi connectivity index (χ1) is 14.8. The van der Waals surface area contributed by atoms with E-state index in [9.17, 15) is 24.2 Å². The molecule has 0 aromatic heterocycles. The molecule has 4 rings (SSSR count). The maximum atomic E-state index is 13.9. The molecule has 5 nitrogen and oxygen atoms in total. The van der Waals surface area contributed by atoms with E-state index in [4.69, 9.17) is 0 Å². The Morgan fingerprint density at radius 2 is 1.65 bits per heavy atom. The highest BCUT2D eigenvalue weighted by Gasteiger charge is 2.47. The van der Waals surface area contributed by atoms with Crippen LogP contribution in [0.5, 0.6) is 5.75 Å². The molecule has 31 heavy (non-hydrogen) atoms. The number of rotatable bonds is 3. The Balaban J connectivity index is 1.96. The van der Waals surface area contributed by atoms with Gasteiger partial charge in [0.2, 0.25) is 0 Å². The molecule has 1 unspecified atom stereocenters. The predicted octanol–water partition coefficient (Wildman–Crippen LogP) is 4.77. The fourth-order valence-corrected chi connectivity index (χ4v) is 3.74. The number of amides is 1. The average Bonchev–Trinajstić information content (AvgIpc) is 3.01. The number of aliphatic hydroxyl groups is 1. The lowest BCUT2D eigenvalue weighted by molar-refractivity contribution is -0.132. The Kier molecular flexibility index (Phi) is 5.07. The first-order valence-corrected chi connectivity index (χ1v) is 9.71. The van der Waals surface area contributed by atoms with E-state index in [1.165, 1.54) is 35.2 Å². The zero-order chi connectivity index (χ0) is 22.3. The lowest BCUT2D eigenvalue weighted by Crippen LogP contribution is -2.29. The zero-order valence-electron chi connectivity index (χ0n) is 17.0. The third kappa shape index (κ3) is 3.57. The van der Waals surface area contributed by atoms with Gasteiger partial charge >= 0.3 is 0 Å². The number of aromatic hydroxyl groups is 1. The summed E-state index contributed by atoms with van der Waals surface area (Å²) in [6, 6.07) is 15.6. The van der Waals surface area contributed by atoms with Crippen LogP contribution in [0.15, 0.2) is 72.3 Å². The smallest absolute Gasteiger partial charge is 0.300 e. The van der Waals surface area contributed by atoms with Gasteiger partial charge < -0.3 is 10.2 Å². The van der Waals surface area contributed by atoms with Gasteiger partial charge in [-0.15, -0.1) is 0 Å². The normalized spacial score (nSPS) is 17.9. The van der Waals surface area contributed by atoms with Crippen molar-refractivity contribution in [1.82, 2.24) is 0 Å². The van der Waals surface area contributed by atoms with Crippen LogP contribution >= 0.6 is 0 Å². The van der Waals surface area contributed by atoms with E-state index in [1.807, 2.05) is 19.9 Å². The molecular formula is C25H20FNO4. The number of anilines is 1. The van der Waals surface area contributed by atoms with Gasteiger partial charge in [-0.25, -0.2) is 4.39 Å². The summed E-state index contributed by atoms with van der Waals surface area (Å²) in [5.74, 6) is -2.58. The number of ketones is 1. The molecule has 1 atom stereocenters. The molecule has 1 amide bonds. The van der Waals surface area contributed by atoms with E-state index in [2.05, 4.69) is 0 Å². The molecule has 3 aromatic carbocycles. The van der Waals surface area contributed by atoms with Crippen molar-refractivity contribution in [2.24, 2.45) is 0 Å². The second-order valence-electron chi connectivity index (χ2n) is 7.54. The number of hydrogen-bond donors (Lipinski definition) is 2. The first kappa shape index (κ1) is 20.3. The van der Waals surface area contributed by atoms with E-state index < -0.39 is 23.5 Å². The van der Waals surface area contributed by atoms with Gasteiger partial charge in [0.25, 0.3) is 11.7 Å². The maximum Gasteiger partial charge on any atom is 0.300 e. The van der Waals surface area contributed by atoms with Crippen LogP contribution in [0.3, 0.4) is 0 Å². The van der Waals surface area contributed by atoms with Crippen LogP contribution in [0, 0.1) is 19.7 Å². The molecule has 0 spiro atoms. The molecule has 1 saturated heterocycles. The third-order valence-corrected chi connectivity index (χ3v) is 5.52. The Bertz CT molecular complexity index is 1230. The van der Waals surface area contributed by atoms with Gasteiger partial charge in [-0.2, -0.15) is 0 Å². The molecule has 0 aliphatic carbocycles. The minimum absolute atomic E-state index is 0.0145. The molecule has 6 heteroatoms. The lowest BCUT2D eigenvalue weighted by atomic mass is 9.94. The Morgan fingerprint density at radius 3 is 2.29 bits per heavy atom. The number of benzene rings is 3. The zero-order valence-corrected chi connectivity index (χ0v) is 17.0. The number of nitrogens with zero attached hydrogens (tertiary/aromatic N) is 1. The molecule has 1 fully saturated rings. The summed E-state index contributed by atoms with van der Waals surface area (Å²) in [4.78, 5) is 27.2. The topological polar surface area (TPSA) is 77.8 Å². The fraction of sp³-hybridized carbons (Fsp3) is 0.120. The van der Waals surface area contributed by atoms with Crippen LogP contribution in [-0.4, -0.2) is 21.9 Å². The van der Waals surface area contributed by atoms with Crippen LogP contribution < -0.4 is 4.90 Å². The SMILES string of the molecule is Cc1ccc(/C(O)=C2\C(=O)C(=O)N(c3cccc(F)c3)C2c2ccc(O)cc2)cc1C. The molecule has 1 aliphatic heterocycles. The van der Waals surface area contributed by atoms with E-state index in [1.54, 1.807) is 24.3 Å². The second-order valence-corrected chi connectivity index (χ2v) is 7.54. The van der Waals surface area contributed by atoms with E-state index in [0.29, 0.717) is 11.1 Å². The van der Waals surface area contributed by atoms with Crippen LogP contribution in [0.4, 0.5) is 10.1 Å². The fourth-order valence-electron chi connectivity index (χ4n) is 3.74. The number of carbonyl (C=O) groups is 2. The first-order valence-electron chi connectivity index (χ1n) is 9.71. The Labute approximate surface area is 178 Å². The maximum absolute atomic E-state index is 13.9. The van der Waals surface area contributed by atoms with E-state index in [-0.39, 0.29) is 22.8 Å². The summed E-state index contributed by atoms with van der Waals surface area (Å²) in [5, 5.41) is 20.8. The van der Waals surface area contributed by atoms with Crippen molar-refractivity contribution in [2.45, 2.75) is 19.9 Å². The molecule has 0 radical (unpaired) electrons. The van der Waals surface area contributed by atoms with Gasteiger partial charge in [0.1, 0.15) is 17.3 Å². The predicted molar refractivity (Wildman–Crippen MR) is 115 cm³/mol. The van der Waals surface area contributed by atoms with Crippen molar-refractivity contribution in [3.05, 3.63) is 100 Å². The minimum Gasteiger partial charge on any atom is -0.508 e. The number of phenols is 1. The van der Waals surface area contributed by atoms with Gasteiger partial charge in [-0.05, 0) is 66.9 Å². The number of Topliss-reactive ketones (excluding diaryl/α,β-unsaturated/α-hetero) is 1. The van der Waals surface area contributed by atoms with Crippen LogP contribution in [0.1, 0.15) is 28.3 Å². The Morgan fingerprint density at radius 1 is 0.935 bits per heavy atom. The van der Waals surface area contributed by atoms with Crippen molar-refractivity contribution < 1.29 is 24.2 Å². The number of hydrogen-bond acceptors (Lipinski definition) is 4. The largest absolute Gasteiger partial charge is 0.508 e. The monoisotopic (exact) mass is 417 g/mol. The van der Waals surface area contributed by atoms with Crippen molar-refractivity contribution in [2.75, 3.05) is 4.90 Å². The molecule has 156 valence electrons. The van der Waals surface area contributed by atoms with Crippen molar-refractivity contribution in [3.63, 3.8) is 0 Å². The van der Waals surface area contributed by atoms with E-state index in [0.717, 1.165) is 17.2 Å².